The molecule has 0 aliphatic rings. The highest BCUT2D eigenvalue weighted by Crippen LogP contribution is 2.08. The molecule has 12 heavy (non-hydrogen) atoms. The Morgan fingerprint density at radius 1 is 1.25 bits per heavy atom. The second-order valence-corrected chi connectivity index (χ2v) is 2.06. The zero-order valence-electron chi connectivity index (χ0n) is 6.83. The van der Waals surface area contributed by atoms with Crippen LogP contribution in [0, 0.1) is 0 Å². The number of hydrogen-bond acceptors (Lipinski definition) is 1. The maximum Gasteiger partial charge on any atom is 0.446 e. The Kier molecular flexibility index (Phi) is 9.86. The first kappa shape index (κ1) is 13.9. The van der Waals surface area contributed by atoms with Crippen molar-refractivity contribution in [3.05, 3.63) is 0 Å². The molecule has 0 aliphatic carbocycles. The van der Waals surface area contributed by atoms with Gasteiger partial charge in [-0.25, -0.2) is 0 Å². The van der Waals surface area contributed by atoms with Crippen LogP contribution in [0.2, 0.25) is 0 Å². The Bertz CT molecular complexity index is 96.1. The summed E-state index contributed by atoms with van der Waals surface area (Å²) in [6.45, 7) is 1.92. The number of rotatable bonds is 3. The lowest BCUT2D eigenvalue weighted by molar-refractivity contribution is -0.156. The summed E-state index contributed by atoms with van der Waals surface area (Å²) in [4.78, 5) is 8.70. The smallest absolute Gasteiger partial charge is 0.293 e. The van der Waals surface area contributed by atoms with Gasteiger partial charge in [0.2, 0.25) is 6.29 Å². The Morgan fingerprint density at radius 3 is 1.75 bits per heavy atom. The molecule has 5 heteroatoms. The van der Waals surface area contributed by atoms with Crippen LogP contribution in [0.4, 0.5) is 17.6 Å². The molecule has 0 spiro atoms. The summed E-state index contributed by atoms with van der Waals surface area (Å²) in [6.07, 6.45) is -2.80. The van der Waals surface area contributed by atoms with Gasteiger partial charge in [-0.1, -0.05) is 19.8 Å². The van der Waals surface area contributed by atoms with Gasteiger partial charge in [-0.05, 0) is 6.42 Å². The van der Waals surface area contributed by atoms with Gasteiger partial charge in [-0.2, -0.15) is 13.2 Å². The van der Waals surface area contributed by atoms with Gasteiger partial charge in [0.1, 0.15) is 0 Å². The standard InChI is InChI=1S/C5H11F.C2HF3O/c1-2-3-4-5-6;3-2(4,5)1-6/h2-5H2,1H3;1H. The summed E-state index contributed by atoms with van der Waals surface area (Å²) in [5, 5.41) is 0. The van der Waals surface area contributed by atoms with Gasteiger partial charge < -0.3 is 0 Å². The van der Waals surface area contributed by atoms with Gasteiger partial charge in [0.15, 0.2) is 0 Å². The van der Waals surface area contributed by atoms with Gasteiger partial charge in [0, 0.05) is 0 Å². The van der Waals surface area contributed by atoms with Crippen LogP contribution in [0.5, 0.6) is 0 Å². The van der Waals surface area contributed by atoms with E-state index in [1.165, 1.54) is 0 Å². The molecule has 0 aromatic rings. The molecule has 0 rings (SSSR count). The number of unbranched alkanes of at least 4 members (excludes halogenated alkanes) is 2. The van der Waals surface area contributed by atoms with E-state index in [9.17, 15) is 17.6 Å². The molecule has 0 atom stereocenters. The van der Waals surface area contributed by atoms with E-state index in [1.54, 1.807) is 0 Å². The molecule has 0 saturated carbocycles. The third-order valence-corrected chi connectivity index (χ3v) is 0.871. The summed E-state index contributed by atoms with van der Waals surface area (Å²) in [5.41, 5.74) is 0. The minimum atomic E-state index is -4.64. The Balaban J connectivity index is 0. The fourth-order valence-corrected chi connectivity index (χ4v) is 0.344. The van der Waals surface area contributed by atoms with Crippen molar-refractivity contribution in [3.63, 3.8) is 0 Å². The molecular formula is C7H12F4O. The van der Waals surface area contributed by atoms with Crippen molar-refractivity contribution in [2.24, 2.45) is 0 Å². The van der Waals surface area contributed by atoms with E-state index < -0.39 is 12.5 Å². The number of hydrogen-bond donors (Lipinski definition) is 0. The summed E-state index contributed by atoms with van der Waals surface area (Å²) >= 11 is 0. The van der Waals surface area contributed by atoms with Gasteiger partial charge in [-0.15, -0.1) is 0 Å². The monoisotopic (exact) mass is 188 g/mol. The molecule has 0 radical (unpaired) electrons. The van der Waals surface area contributed by atoms with Crippen LogP contribution in [0.15, 0.2) is 0 Å². The number of carbonyl (C=O) groups excluding carboxylic acids is 1. The van der Waals surface area contributed by atoms with Crippen LogP contribution < -0.4 is 0 Å². The quantitative estimate of drug-likeness (QED) is 0.378. The number of carbonyl (C=O) groups is 1. The molecule has 0 saturated heterocycles. The first-order valence-corrected chi connectivity index (χ1v) is 3.57. The molecule has 0 bridgehead atoms. The van der Waals surface area contributed by atoms with Crippen LogP contribution in [-0.2, 0) is 4.79 Å². The topological polar surface area (TPSA) is 17.1 Å². The fraction of sp³-hybridized carbons (Fsp3) is 0.857. The lowest BCUT2D eigenvalue weighted by atomic mass is 10.3. The molecule has 1 nitrogen and oxygen atoms in total. The first-order chi connectivity index (χ1) is 5.47. The van der Waals surface area contributed by atoms with Crippen LogP contribution in [-0.4, -0.2) is 19.1 Å². The minimum absolute atomic E-state index is 0.145. The van der Waals surface area contributed by atoms with Crippen LogP contribution in [0.3, 0.4) is 0 Å². The predicted molar refractivity (Wildman–Crippen MR) is 37.6 cm³/mol. The van der Waals surface area contributed by atoms with E-state index in [2.05, 4.69) is 6.92 Å². The van der Waals surface area contributed by atoms with Crippen molar-refractivity contribution in [1.82, 2.24) is 0 Å². The van der Waals surface area contributed by atoms with Gasteiger partial charge in [0.25, 0.3) is 0 Å². The van der Waals surface area contributed by atoms with Crippen LogP contribution in [0.25, 0.3) is 0 Å². The molecule has 0 unspecified atom stereocenters. The molecule has 74 valence electrons. The van der Waals surface area contributed by atoms with Crippen LogP contribution in [0.1, 0.15) is 26.2 Å². The van der Waals surface area contributed by atoms with Crippen molar-refractivity contribution in [3.8, 4) is 0 Å². The summed E-state index contributed by atoms with van der Waals surface area (Å²) in [5.74, 6) is 0. The molecule has 0 N–H and O–H groups in total. The molecule has 0 heterocycles. The van der Waals surface area contributed by atoms with Crippen molar-refractivity contribution in [2.45, 2.75) is 32.4 Å². The van der Waals surface area contributed by atoms with E-state index in [1.807, 2.05) is 0 Å². The summed E-state index contributed by atoms with van der Waals surface area (Å²) < 4.78 is 42.4. The molecule has 0 fully saturated rings. The van der Waals surface area contributed by atoms with Gasteiger partial charge >= 0.3 is 6.18 Å². The average molecular weight is 188 g/mol. The van der Waals surface area contributed by atoms with E-state index >= 15 is 0 Å². The molecule has 0 aromatic carbocycles. The molecule has 0 aliphatic heterocycles. The second kappa shape index (κ2) is 8.49. The third-order valence-electron chi connectivity index (χ3n) is 0.871. The summed E-state index contributed by atoms with van der Waals surface area (Å²) in [7, 11) is 0. The highest BCUT2D eigenvalue weighted by molar-refractivity contribution is 5.56. The number of halogens is 4. The minimum Gasteiger partial charge on any atom is -0.293 e. The zero-order chi connectivity index (χ0) is 10.0. The average Bonchev–Trinajstić information content (AvgIpc) is 2.01. The lowest BCUT2D eigenvalue weighted by Gasteiger charge is -1.87. The SMILES string of the molecule is CCCCCF.O=CC(F)(F)F. The van der Waals surface area contributed by atoms with Crippen molar-refractivity contribution in [2.75, 3.05) is 6.67 Å². The Labute approximate surface area is 68.8 Å². The zero-order valence-corrected chi connectivity index (χ0v) is 6.83. The normalized spacial score (nSPS) is 10.1. The number of aldehydes is 1. The lowest BCUT2D eigenvalue weighted by Crippen LogP contribution is -2.07. The molecule has 0 aromatic heterocycles. The van der Waals surface area contributed by atoms with E-state index in [4.69, 9.17) is 4.79 Å². The van der Waals surface area contributed by atoms with Crippen LogP contribution >= 0.6 is 0 Å². The Morgan fingerprint density at radius 2 is 1.67 bits per heavy atom. The van der Waals surface area contributed by atoms with Gasteiger partial charge in [0.05, 0.1) is 6.67 Å². The third kappa shape index (κ3) is 22.8. The van der Waals surface area contributed by atoms with E-state index in [0.717, 1.165) is 19.3 Å². The van der Waals surface area contributed by atoms with Gasteiger partial charge in [-0.3, -0.25) is 9.18 Å². The number of alkyl halides is 4. The highest BCUT2D eigenvalue weighted by atomic mass is 19.4. The maximum absolute atomic E-state index is 11.2. The first-order valence-electron chi connectivity index (χ1n) is 3.57. The largest absolute Gasteiger partial charge is 0.446 e. The van der Waals surface area contributed by atoms with Crippen molar-refractivity contribution < 1.29 is 22.4 Å². The highest BCUT2D eigenvalue weighted by Gasteiger charge is 2.24. The molecule has 0 amide bonds. The van der Waals surface area contributed by atoms with E-state index in [0.29, 0.717) is 0 Å². The fourth-order valence-electron chi connectivity index (χ4n) is 0.344. The predicted octanol–water partition coefficient (Wildman–Crippen LogP) is 2.89. The van der Waals surface area contributed by atoms with E-state index in [-0.39, 0.29) is 6.67 Å². The molecular weight excluding hydrogens is 176 g/mol. The maximum atomic E-state index is 11.2. The summed E-state index contributed by atoms with van der Waals surface area (Å²) in [6, 6.07) is 0. The van der Waals surface area contributed by atoms with Crippen molar-refractivity contribution >= 4 is 6.29 Å². The van der Waals surface area contributed by atoms with Crippen molar-refractivity contribution in [1.29, 1.82) is 0 Å². The Hall–Kier alpha value is -0.610. The second-order valence-electron chi connectivity index (χ2n) is 2.06.